The van der Waals surface area contributed by atoms with Gasteiger partial charge in [-0.15, -0.1) is 0 Å². The fraction of sp³-hybridized carbons (Fsp3) is 0.600. The summed E-state index contributed by atoms with van der Waals surface area (Å²) in [7, 11) is 0. The minimum absolute atomic E-state index is 0.165. The molecule has 1 aromatic carbocycles. The summed E-state index contributed by atoms with van der Waals surface area (Å²) < 4.78 is 10.7. The normalized spacial score (nSPS) is 12.6. The van der Waals surface area contributed by atoms with E-state index >= 15 is 0 Å². The molecule has 0 amide bonds. The Hall–Kier alpha value is -1.72. The average Bonchev–Trinajstić information content (AvgIpc) is 2.49. The van der Waals surface area contributed by atoms with Gasteiger partial charge in [0.25, 0.3) is 0 Å². The summed E-state index contributed by atoms with van der Waals surface area (Å²) in [6.45, 7) is 6.62. The number of carbonyl (C=O) groups is 2. The van der Waals surface area contributed by atoms with Crippen LogP contribution in [0.1, 0.15) is 58.4 Å². The summed E-state index contributed by atoms with van der Waals surface area (Å²) >= 11 is 0. The highest BCUT2D eigenvalue weighted by atomic mass is 16.6. The van der Waals surface area contributed by atoms with Crippen molar-refractivity contribution in [2.75, 3.05) is 6.61 Å². The van der Waals surface area contributed by atoms with E-state index in [1.54, 1.807) is 20.8 Å². The minimum atomic E-state index is -0.570. The molecule has 5 nitrogen and oxygen atoms in total. The lowest BCUT2D eigenvalue weighted by atomic mass is 10.0. The zero-order valence-corrected chi connectivity index (χ0v) is 15.6. The molecule has 0 heterocycles. The van der Waals surface area contributed by atoms with Crippen LogP contribution in [0, 0.1) is 0 Å². The molecule has 0 spiro atoms. The second-order valence-electron chi connectivity index (χ2n) is 7.30. The van der Waals surface area contributed by atoms with E-state index in [-0.39, 0.29) is 24.7 Å². The third-order valence-corrected chi connectivity index (χ3v) is 3.48. The van der Waals surface area contributed by atoms with Crippen LogP contribution in [0.3, 0.4) is 0 Å². The van der Waals surface area contributed by atoms with Crippen molar-refractivity contribution in [1.29, 1.82) is 0 Å². The van der Waals surface area contributed by atoms with Gasteiger partial charge in [0.2, 0.25) is 0 Å². The van der Waals surface area contributed by atoms with E-state index in [2.05, 4.69) is 0 Å². The smallest absolute Gasteiger partial charge is 0.313 e. The van der Waals surface area contributed by atoms with E-state index in [9.17, 15) is 9.59 Å². The summed E-state index contributed by atoms with van der Waals surface area (Å²) in [5.41, 5.74) is 6.56. The largest absolute Gasteiger partial charge is 0.460 e. The average molecular weight is 349 g/mol. The second-order valence-corrected chi connectivity index (χ2v) is 7.30. The van der Waals surface area contributed by atoms with Crippen LogP contribution in [-0.2, 0) is 25.7 Å². The highest BCUT2D eigenvalue weighted by molar-refractivity contribution is 5.95. The van der Waals surface area contributed by atoms with Gasteiger partial charge >= 0.3 is 5.97 Å². The Bertz CT molecular complexity index is 522. The molecule has 140 valence electrons. The number of benzene rings is 1. The van der Waals surface area contributed by atoms with Crippen LogP contribution < -0.4 is 5.73 Å². The van der Waals surface area contributed by atoms with Crippen LogP contribution in [0.5, 0.6) is 0 Å². The molecule has 0 unspecified atom stereocenters. The molecular formula is C20H31NO4. The zero-order chi connectivity index (χ0) is 18.7. The third kappa shape index (κ3) is 11.5. The Morgan fingerprint density at radius 1 is 1.12 bits per heavy atom. The number of carbonyl (C=O) groups excluding carboxylic acids is 2. The van der Waals surface area contributed by atoms with Crippen molar-refractivity contribution in [3.05, 3.63) is 35.9 Å². The van der Waals surface area contributed by atoms with E-state index in [0.717, 1.165) is 24.8 Å². The standard InChI is InChI=1S/C20H31NO4/c1-20(2,3)25-19(23)14-18(22)13-17(21)11-7-8-12-24-15-16-9-5-4-6-10-16/h4-6,9-10,17H,7-8,11-15,21H2,1-3H3/t17-/m0/s1. The maximum atomic E-state index is 11.8. The lowest BCUT2D eigenvalue weighted by Crippen LogP contribution is -2.28. The Labute approximate surface area is 150 Å². The first kappa shape index (κ1) is 21.3. The van der Waals surface area contributed by atoms with Crippen LogP contribution in [0.25, 0.3) is 0 Å². The van der Waals surface area contributed by atoms with Crippen LogP contribution >= 0.6 is 0 Å². The van der Waals surface area contributed by atoms with Crippen molar-refractivity contribution in [2.45, 2.75) is 71.1 Å². The van der Waals surface area contributed by atoms with Gasteiger partial charge in [0.15, 0.2) is 0 Å². The number of esters is 1. The summed E-state index contributed by atoms with van der Waals surface area (Å²) in [5.74, 6) is -0.652. The van der Waals surface area contributed by atoms with Gasteiger partial charge in [-0.05, 0) is 45.6 Å². The first-order valence-electron chi connectivity index (χ1n) is 8.87. The van der Waals surface area contributed by atoms with Crippen molar-refractivity contribution in [3.8, 4) is 0 Å². The lowest BCUT2D eigenvalue weighted by molar-refractivity contribution is -0.156. The van der Waals surface area contributed by atoms with E-state index in [4.69, 9.17) is 15.2 Å². The van der Waals surface area contributed by atoms with Crippen molar-refractivity contribution in [3.63, 3.8) is 0 Å². The summed E-state index contributed by atoms with van der Waals surface area (Å²) in [4.78, 5) is 23.4. The molecule has 1 atom stereocenters. The topological polar surface area (TPSA) is 78.6 Å². The molecule has 0 saturated heterocycles. The maximum absolute atomic E-state index is 11.8. The van der Waals surface area contributed by atoms with Crippen molar-refractivity contribution < 1.29 is 19.1 Å². The van der Waals surface area contributed by atoms with Crippen LogP contribution in [0.2, 0.25) is 0 Å². The van der Waals surface area contributed by atoms with Crippen molar-refractivity contribution >= 4 is 11.8 Å². The number of ketones is 1. The van der Waals surface area contributed by atoms with Crippen LogP contribution in [-0.4, -0.2) is 30.0 Å². The van der Waals surface area contributed by atoms with Gasteiger partial charge in [-0.2, -0.15) is 0 Å². The summed E-state index contributed by atoms with van der Waals surface area (Å²) in [6, 6.07) is 9.81. The van der Waals surface area contributed by atoms with E-state index in [1.165, 1.54) is 0 Å². The molecule has 0 aliphatic rings. The first-order valence-corrected chi connectivity index (χ1v) is 8.87. The van der Waals surface area contributed by atoms with E-state index in [0.29, 0.717) is 13.2 Å². The van der Waals surface area contributed by atoms with E-state index < -0.39 is 11.6 Å². The molecule has 1 aromatic rings. The third-order valence-electron chi connectivity index (χ3n) is 3.48. The Morgan fingerprint density at radius 3 is 2.44 bits per heavy atom. The molecule has 25 heavy (non-hydrogen) atoms. The molecule has 2 N–H and O–H groups in total. The van der Waals surface area contributed by atoms with Crippen molar-refractivity contribution in [2.24, 2.45) is 5.73 Å². The highest BCUT2D eigenvalue weighted by Gasteiger charge is 2.20. The number of rotatable bonds is 11. The molecule has 0 aliphatic carbocycles. The predicted molar refractivity (Wildman–Crippen MR) is 98.0 cm³/mol. The number of unbranched alkanes of at least 4 members (excludes halogenated alkanes) is 1. The van der Waals surface area contributed by atoms with Gasteiger partial charge in [-0.1, -0.05) is 30.3 Å². The van der Waals surface area contributed by atoms with Gasteiger partial charge < -0.3 is 15.2 Å². The molecule has 0 aromatic heterocycles. The Balaban J connectivity index is 2.07. The van der Waals surface area contributed by atoms with Gasteiger partial charge in [0.1, 0.15) is 17.8 Å². The first-order chi connectivity index (χ1) is 11.8. The Morgan fingerprint density at radius 2 is 1.80 bits per heavy atom. The molecule has 0 aliphatic heterocycles. The van der Waals surface area contributed by atoms with Gasteiger partial charge in [0, 0.05) is 19.1 Å². The van der Waals surface area contributed by atoms with Crippen molar-refractivity contribution in [1.82, 2.24) is 0 Å². The van der Waals surface area contributed by atoms with Gasteiger partial charge in [-0.25, -0.2) is 0 Å². The summed E-state index contributed by atoms with van der Waals surface area (Å²) in [5, 5.41) is 0. The minimum Gasteiger partial charge on any atom is -0.460 e. The Kier molecular flexibility index (Phi) is 9.39. The molecule has 0 bridgehead atoms. The second kappa shape index (κ2) is 11.0. The molecule has 0 saturated carbocycles. The monoisotopic (exact) mass is 349 g/mol. The number of nitrogens with two attached hydrogens (primary N) is 1. The number of hydrogen-bond acceptors (Lipinski definition) is 5. The molecule has 1 rings (SSSR count). The molecule has 5 heteroatoms. The molecule has 0 fully saturated rings. The van der Waals surface area contributed by atoms with Gasteiger partial charge in [-0.3, -0.25) is 9.59 Å². The molecular weight excluding hydrogens is 318 g/mol. The SMILES string of the molecule is CC(C)(C)OC(=O)CC(=O)C[C@@H](N)CCCCOCc1ccccc1. The molecule has 0 radical (unpaired) electrons. The summed E-state index contributed by atoms with van der Waals surface area (Å²) in [6.07, 6.45) is 2.56. The quantitative estimate of drug-likeness (QED) is 0.376. The van der Waals surface area contributed by atoms with Crippen LogP contribution in [0.4, 0.5) is 0 Å². The fourth-order valence-corrected chi connectivity index (χ4v) is 2.38. The lowest BCUT2D eigenvalue weighted by Gasteiger charge is -2.19. The predicted octanol–water partition coefficient (Wildman–Crippen LogP) is 3.39. The fourth-order valence-electron chi connectivity index (χ4n) is 2.38. The van der Waals surface area contributed by atoms with Gasteiger partial charge in [0.05, 0.1) is 6.61 Å². The number of ether oxygens (including phenoxy) is 2. The maximum Gasteiger partial charge on any atom is 0.313 e. The highest BCUT2D eigenvalue weighted by Crippen LogP contribution is 2.10. The number of Topliss-reactive ketones (excluding diaryl/α,β-unsaturated/α-hetero) is 1. The zero-order valence-electron chi connectivity index (χ0n) is 15.6. The van der Waals surface area contributed by atoms with E-state index in [1.807, 2.05) is 30.3 Å². The number of hydrogen-bond donors (Lipinski definition) is 1. The van der Waals surface area contributed by atoms with Crippen LogP contribution in [0.15, 0.2) is 30.3 Å².